The maximum Gasteiger partial charge on any atom is 0.122 e. The number of benzene rings is 1. The molecule has 1 N–H and O–H groups in total. The second-order valence-electron chi connectivity index (χ2n) is 4.51. The average Bonchev–Trinajstić information content (AvgIpc) is 2.42. The van der Waals surface area contributed by atoms with Crippen LogP contribution in [0.3, 0.4) is 0 Å². The third kappa shape index (κ3) is 6.95. The van der Waals surface area contributed by atoms with E-state index < -0.39 is 0 Å². The van der Waals surface area contributed by atoms with Crippen LogP contribution in [-0.4, -0.2) is 33.9 Å². The van der Waals surface area contributed by atoms with Gasteiger partial charge in [-0.1, -0.05) is 22.4 Å². The third-order valence-electron chi connectivity index (χ3n) is 3.03. The fourth-order valence-electron chi connectivity index (χ4n) is 1.98. The molecule has 1 rings (SSSR count). The van der Waals surface area contributed by atoms with Gasteiger partial charge in [0.15, 0.2) is 0 Å². The summed E-state index contributed by atoms with van der Waals surface area (Å²) in [6.45, 7) is 2.80. The van der Waals surface area contributed by atoms with Crippen molar-refractivity contribution in [3.63, 3.8) is 0 Å². The van der Waals surface area contributed by atoms with Crippen LogP contribution in [0.15, 0.2) is 22.7 Å². The molecule has 0 spiro atoms. The van der Waals surface area contributed by atoms with Crippen LogP contribution in [-0.2, 0) is 11.2 Å². The zero-order chi connectivity index (χ0) is 13.9. The molecule has 0 aliphatic heterocycles. The van der Waals surface area contributed by atoms with E-state index in [9.17, 15) is 0 Å². The van der Waals surface area contributed by atoms with Gasteiger partial charge in [0.1, 0.15) is 5.75 Å². The molecule has 0 atom stereocenters. The zero-order valence-corrected chi connectivity index (χ0v) is 13.5. The first-order valence-corrected chi connectivity index (χ1v) is 7.59. The molecule has 0 bridgehead atoms. The van der Waals surface area contributed by atoms with Gasteiger partial charge in [0.05, 0.1) is 13.7 Å². The van der Waals surface area contributed by atoms with Crippen molar-refractivity contribution in [2.24, 2.45) is 0 Å². The van der Waals surface area contributed by atoms with Crippen LogP contribution in [0.1, 0.15) is 24.8 Å². The van der Waals surface area contributed by atoms with Crippen molar-refractivity contribution in [1.29, 1.82) is 0 Å². The van der Waals surface area contributed by atoms with Gasteiger partial charge in [-0.3, -0.25) is 0 Å². The number of halogens is 1. The van der Waals surface area contributed by atoms with Gasteiger partial charge < -0.3 is 14.8 Å². The molecule has 108 valence electrons. The van der Waals surface area contributed by atoms with Crippen LogP contribution in [0.5, 0.6) is 5.75 Å². The molecular weight excluding hydrogens is 306 g/mol. The van der Waals surface area contributed by atoms with Gasteiger partial charge >= 0.3 is 0 Å². The molecule has 3 nitrogen and oxygen atoms in total. The molecule has 0 aliphatic rings. The highest BCUT2D eigenvalue weighted by Gasteiger charge is 2.03. The topological polar surface area (TPSA) is 30.5 Å². The molecule has 0 saturated heterocycles. The van der Waals surface area contributed by atoms with E-state index in [0.717, 1.165) is 36.3 Å². The second kappa shape index (κ2) is 10.2. The lowest BCUT2D eigenvalue weighted by Crippen LogP contribution is -2.20. The number of nitrogens with one attached hydrogen (secondary N) is 1. The number of hydrogen-bond donors (Lipinski definition) is 1. The Morgan fingerprint density at radius 1 is 1.11 bits per heavy atom. The number of aryl methyl sites for hydroxylation is 1. The lowest BCUT2D eigenvalue weighted by atomic mass is 10.1. The Kier molecular flexibility index (Phi) is 8.88. The Morgan fingerprint density at radius 3 is 2.68 bits per heavy atom. The summed E-state index contributed by atoms with van der Waals surface area (Å²) in [7, 11) is 3.46. The summed E-state index contributed by atoms with van der Waals surface area (Å²) in [5, 5.41) is 3.36. The molecule has 0 unspecified atom stereocenters. The minimum Gasteiger partial charge on any atom is -0.496 e. The second-order valence-corrected chi connectivity index (χ2v) is 5.43. The summed E-state index contributed by atoms with van der Waals surface area (Å²) in [6, 6.07) is 6.18. The SMILES string of the molecule is COCCNCCCCCc1cc(Br)ccc1OC. The molecule has 0 amide bonds. The normalized spacial score (nSPS) is 10.7. The minimum absolute atomic E-state index is 0.787. The van der Waals surface area contributed by atoms with Gasteiger partial charge in [0.25, 0.3) is 0 Å². The fourth-order valence-corrected chi connectivity index (χ4v) is 2.39. The summed E-state index contributed by atoms with van der Waals surface area (Å²) < 4.78 is 11.5. The molecule has 0 heterocycles. The van der Waals surface area contributed by atoms with Crippen molar-refractivity contribution >= 4 is 15.9 Å². The van der Waals surface area contributed by atoms with Crippen LogP contribution >= 0.6 is 15.9 Å². The van der Waals surface area contributed by atoms with Gasteiger partial charge in [-0.15, -0.1) is 0 Å². The molecule has 0 fully saturated rings. The monoisotopic (exact) mass is 329 g/mol. The summed E-state index contributed by atoms with van der Waals surface area (Å²) in [6.07, 6.45) is 4.70. The van der Waals surface area contributed by atoms with Crippen molar-refractivity contribution in [3.8, 4) is 5.75 Å². The summed E-state index contributed by atoms with van der Waals surface area (Å²) in [4.78, 5) is 0. The predicted molar refractivity (Wildman–Crippen MR) is 83.0 cm³/mol. The molecule has 0 saturated carbocycles. The Labute approximate surface area is 124 Å². The first-order valence-electron chi connectivity index (χ1n) is 6.80. The molecule has 4 heteroatoms. The molecular formula is C15H24BrNO2. The molecule has 0 aliphatic carbocycles. The minimum atomic E-state index is 0.787. The average molecular weight is 330 g/mol. The van der Waals surface area contributed by atoms with Crippen molar-refractivity contribution < 1.29 is 9.47 Å². The van der Waals surface area contributed by atoms with E-state index >= 15 is 0 Å². The smallest absolute Gasteiger partial charge is 0.122 e. The van der Waals surface area contributed by atoms with Crippen LogP contribution in [0.25, 0.3) is 0 Å². The van der Waals surface area contributed by atoms with Gasteiger partial charge in [-0.25, -0.2) is 0 Å². The summed E-state index contributed by atoms with van der Waals surface area (Å²) >= 11 is 3.51. The van der Waals surface area contributed by atoms with E-state index in [4.69, 9.17) is 9.47 Å². The van der Waals surface area contributed by atoms with E-state index in [1.165, 1.54) is 24.8 Å². The van der Waals surface area contributed by atoms with Crippen molar-refractivity contribution in [2.75, 3.05) is 33.9 Å². The van der Waals surface area contributed by atoms with E-state index in [1.807, 2.05) is 12.1 Å². The first kappa shape index (κ1) is 16.5. The van der Waals surface area contributed by atoms with Gasteiger partial charge in [0, 0.05) is 18.1 Å². The maximum absolute atomic E-state index is 5.38. The predicted octanol–water partition coefficient (Wildman–Crippen LogP) is 3.41. The van der Waals surface area contributed by atoms with E-state index in [0.29, 0.717) is 0 Å². The van der Waals surface area contributed by atoms with Crippen molar-refractivity contribution in [2.45, 2.75) is 25.7 Å². The zero-order valence-electron chi connectivity index (χ0n) is 11.9. The Balaban J connectivity index is 2.17. The lowest BCUT2D eigenvalue weighted by molar-refractivity contribution is 0.199. The number of ether oxygens (including phenoxy) is 2. The largest absolute Gasteiger partial charge is 0.496 e. The van der Waals surface area contributed by atoms with Gasteiger partial charge in [-0.2, -0.15) is 0 Å². The van der Waals surface area contributed by atoms with Crippen LogP contribution in [0, 0.1) is 0 Å². The van der Waals surface area contributed by atoms with Crippen molar-refractivity contribution in [1.82, 2.24) is 5.32 Å². The highest BCUT2D eigenvalue weighted by molar-refractivity contribution is 9.10. The van der Waals surface area contributed by atoms with E-state index in [-0.39, 0.29) is 0 Å². The Morgan fingerprint density at radius 2 is 1.95 bits per heavy atom. The van der Waals surface area contributed by atoms with Crippen LogP contribution in [0.4, 0.5) is 0 Å². The third-order valence-corrected chi connectivity index (χ3v) is 3.52. The van der Waals surface area contributed by atoms with Crippen molar-refractivity contribution in [3.05, 3.63) is 28.2 Å². The molecule has 0 radical (unpaired) electrons. The Hall–Kier alpha value is -0.580. The molecule has 0 aromatic heterocycles. The number of rotatable bonds is 10. The Bertz CT molecular complexity index is 358. The first-order chi connectivity index (χ1) is 9.27. The highest BCUT2D eigenvalue weighted by Crippen LogP contribution is 2.24. The number of unbranched alkanes of at least 4 members (excludes halogenated alkanes) is 2. The fraction of sp³-hybridized carbons (Fsp3) is 0.600. The molecule has 1 aromatic rings. The maximum atomic E-state index is 5.38. The molecule has 19 heavy (non-hydrogen) atoms. The van der Waals surface area contributed by atoms with Crippen LogP contribution < -0.4 is 10.1 Å². The van der Waals surface area contributed by atoms with Crippen LogP contribution in [0.2, 0.25) is 0 Å². The molecule has 1 aromatic carbocycles. The van der Waals surface area contributed by atoms with Gasteiger partial charge in [-0.05, 0) is 49.6 Å². The van der Waals surface area contributed by atoms with E-state index in [2.05, 4.69) is 27.3 Å². The standard InChI is InChI=1S/C15H24BrNO2/c1-18-11-10-17-9-5-3-4-6-13-12-14(16)7-8-15(13)19-2/h7-8,12,17H,3-6,9-11H2,1-2H3. The number of hydrogen-bond acceptors (Lipinski definition) is 3. The summed E-state index contributed by atoms with van der Waals surface area (Å²) in [5.74, 6) is 0.987. The summed E-state index contributed by atoms with van der Waals surface area (Å²) in [5.41, 5.74) is 1.28. The highest BCUT2D eigenvalue weighted by atomic mass is 79.9. The van der Waals surface area contributed by atoms with E-state index in [1.54, 1.807) is 14.2 Å². The quantitative estimate of drug-likeness (QED) is 0.667. The van der Waals surface area contributed by atoms with Gasteiger partial charge in [0.2, 0.25) is 0 Å². The number of methoxy groups -OCH3 is 2. The lowest BCUT2D eigenvalue weighted by Gasteiger charge is -2.09.